The van der Waals surface area contributed by atoms with E-state index in [0.29, 0.717) is 11.0 Å². The Bertz CT molecular complexity index is 520. The number of hydrogen-bond acceptors (Lipinski definition) is 3. The van der Waals surface area contributed by atoms with Crippen LogP contribution in [-0.4, -0.2) is 40.5 Å². The summed E-state index contributed by atoms with van der Waals surface area (Å²) in [6.07, 6.45) is 1.61. The van der Waals surface area contributed by atoms with Crippen molar-refractivity contribution in [3.63, 3.8) is 0 Å². The smallest absolute Gasteiger partial charge is 0.243 e. The minimum Gasteiger partial charge on any atom is -0.309 e. The van der Waals surface area contributed by atoms with Gasteiger partial charge >= 0.3 is 0 Å². The number of unbranched alkanes of at least 4 members (excludes halogenated alkanes) is 1. The van der Waals surface area contributed by atoms with Gasteiger partial charge in [0.2, 0.25) is 10.0 Å². The lowest BCUT2D eigenvalue weighted by Gasteiger charge is -2.10. The fraction of sp³-hybridized carbons (Fsp3) is 0.500. The minimum absolute atomic E-state index is 0.311. The second-order valence-corrected chi connectivity index (χ2v) is 7.13. The molecule has 0 saturated heterocycles. The number of hydrogen-bond donors (Lipinski definition) is 1. The molecule has 0 unspecified atom stereocenters. The van der Waals surface area contributed by atoms with Crippen LogP contribution in [0, 0.1) is 5.82 Å². The van der Waals surface area contributed by atoms with Crippen molar-refractivity contribution in [1.82, 2.24) is 9.62 Å². The van der Waals surface area contributed by atoms with E-state index in [1.807, 2.05) is 19.0 Å². The molecule has 0 radical (unpaired) electrons. The molecular formula is C12H18BrFN2O2S. The maximum Gasteiger partial charge on any atom is 0.243 e. The van der Waals surface area contributed by atoms with E-state index in [0.717, 1.165) is 25.5 Å². The summed E-state index contributed by atoms with van der Waals surface area (Å²) in [7, 11) is 0.152. The molecule has 0 amide bonds. The average molecular weight is 353 g/mol. The molecule has 0 bridgehead atoms. The highest BCUT2D eigenvalue weighted by Crippen LogP contribution is 2.19. The van der Waals surface area contributed by atoms with Gasteiger partial charge in [-0.05, 0) is 51.7 Å². The highest BCUT2D eigenvalue weighted by atomic mass is 79.9. The van der Waals surface area contributed by atoms with Gasteiger partial charge < -0.3 is 4.90 Å². The second kappa shape index (κ2) is 7.33. The standard InChI is InChI=1S/C12H18BrFN2O2S/c1-16(2)8-4-3-7-15-19(17,18)12-6-5-10(13)9-11(12)14/h5-6,9,15H,3-4,7-8H2,1-2H3. The monoisotopic (exact) mass is 352 g/mol. The number of nitrogens with one attached hydrogen (secondary N) is 1. The van der Waals surface area contributed by atoms with Crippen LogP contribution >= 0.6 is 15.9 Å². The van der Waals surface area contributed by atoms with Crippen molar-refractivity contribution >= 4 is 26.0 Å². The Labute approximate surface area is 122 Å². The summed E-state index contributed by atoms with van der Waals surface area (Å²) in [5.74, 6) is -0.754. The second-order valence-electron chi connectivity index (χ2n) is 4.48. The highest BCUT2D eigenvalue weighted by Gasteiger charge is 2.18. The maximum absolute atomic E-state index is 13.6. The van der Waals surface area contributed by atoms with Gasteiger partial charge in [-0.2, -0.15) is 0 Å². The van der Waals surface area contributed by atoms with Gasteiger partial charge in [-0.1, -0.05) is 15.9 Å². The van der Waals surface area contributed by atoms with E-state index in [1.165, 1.54) is 12.1 Å². The van der Waals surface area contributed by atoms with Crippen molar-refractivity contribution in [1.29, 1.82) is 0 Å². The maximum atomic E-state index is 13.6. The Hall–Kier alpha value is -0.500. The van der Waals surface area contributed by atoms with E-state index < -0.39 is 15.8 Å². The van der Waals surface area contributed by atoms with E-state index in [1.54, 1.807) is 0 Å². The third kappa shape index (κ3) is 5.56. The summed E-state index contributed by atoms with van der Waals surface area (Å²) in [6.45, 7) is 1.21. The fourth-order valence-corrected chi connectivity index (χ4v) is 3.00. The SMILES string of the molecule is CN(C)CCCCNS(=O)(=O)c1ccc(Br)cc1F. The van der Waals surface area contributed by atoms with Gasteiger partial charge in [0.25, 0.3) is 0 Å². The normalized spacial score (nSPS) is 12.1. The number of halogens is 2. The zero-order valence-electron chi connectivity index (χ0n) is 11.0. The van der Waals surface area contributed by atoms with Crippen molar-refractivity contribution in [2.24, 2.45) is 0 Å². The molecule has 4 nitrogen and oxygen atoms in total. The Balaban J connectivity index is 2.56. The first-order valence-electron chi connectivity index (χ1n) is 5.92. The topological polar surface area (TPSA) is 49.4 Å². The summed E-state index contributed by atoms with van der Waals surface area (Å²) in [4.78, 5) is 1.71. The molecule has 19 heavy (non-hydrogen) atoms. The van der Waals surface area contributed by atoms with Crippen LogP contribution in [0.25, 0.3) is 0 Å². The first-order chi connectivity index (χ1) is 8.83. The van der Waals surface area contributed by atoms with E-state index in [4.69, 9.17) is 0 Å². The summed E-state index contributed by atoms with van der Waals surface area (Å²) < 4.78 is 40.3. The molecule has 0 aromatic heterocycles. The largest absolute Gasteiger partial charge is 0.309 e. The number of benzene rings is 1. The first kappa shape index (κ1) is 16.6. The lowest BCUT2D eigenvalue weighted by molar-refractivity contribution is 0.394. The van der Waals surface area contributed by atoms with Gasteiger partial charge in [-0.3, -0.25) is 0 Å². The van der Waals surface area contributed by atoms with Crippen molar-refractivity contribution in [3.8, 4) is 0 Å². The molecule has 0 saturated carbocycles. The molecule has 0 heterocycles. The predicted molar refractivity (Wildman–Crippen MR) is 77.1 cm³/mol. The van der Waals surface area contributed by atoms with E-state index in [-0.39, 0.29) is 4.90 Å². The van der Waals surface area contributed by atoms with Crippen LogP contribution in [0.3, 0.4) is 0 Å². The minimum atomic E-state index is -3.77. The Kier molecular flexibility index (Phi) is 6.38. The van der Waals surface area contributed by atoms with Crippen molar-refractivity contribution in [2.45, 2.75) is 17.7 Å². The molecule has 7 heteroatoms. The van der Waals surface area contributed by atoms with E-state index in [2.05, 4.69) is 20.7 Å². The third-order valence-corrected chi connectivity index (χ3v) is 4.50. The van der Waals surface area contributed by atoms with Crippen LogP contribution in [-0.2, 0) is 10.0 Å². The van der Waals surface area contributed by atoms with Gasteiger partial charge in [-0.15, -0.1) is 0 Å². The first-order valence-corrected chi connectivity index (χ1v) is 8.20. The molecule has 0 fully saturated rings. The summed E-state index contributed by atoms with van der Waals surface area (Å²) >= 11 is 3.09. The Morgan fingerprint density at radius 3 is 2.58 bits per heavy atom. The number of sulfonamides is 1. The van der Waals surface area contributed by atoms with Crippen molar-refractivity contribution < 1.29 is 12.8 Å². The predicted octanol–water partition coefficient (Wildman–Crippen LogP) is 2.21. The van der Waals surface area contributed by atoms with Crippen LogP contribution in [0.2, 0.25) is 0 Å². The number of rotatable bonds is 7. The lowest BCUT2D eigenvalue weighted by atomic mass is 10.3. The van der Waals surface area contributed by atoms with Crippen LogP contribution < -0.4 is 4.72 Å². The van der Waals surface area contributed by atoms with Crippen molar-refractivity contribution in [3.05, 3.63) is 28.5 Å². The van der Waals surface area contributed by atoms with Gasteiger partial charge in [-0.25, -0.2) is 17.5 Å². The van der Waals surface area contributed by atoms with Gasteiger partial charge in [0, 0.05) is 11.0 Å². The highest BCUT2D eigenvalue weighted by molar-refractivity contribution is 9.10. The summed E-state index contributed by atoms with van der Waals surface area (Å²) in [5, 5.41) is 0. The average Bonchev–Trinajstić information content (AvgIpc) is 2.27. The molecule has 108 valence electrons. The molecule has 0 spiro atoms. The van der Waals surface area contributed by atoms with Crippen LogP contribution in [0.1, 0.15) is 12.8 Å². The zero-order valence-corrected chi connectivity index (χ0v) is 13.4. The molecule has 0 aliphatic heterocycles. The van der Waals surface area contributed by atoms with Gasteiger partial charge in [0.05, 0.1) is 0 Å². The Morgan fingerprint density at radius 1 is 1.32 bits per heavy atom. The van der Waals surface area contributed by atoms with Gasteiger partial charge in [0.15, 0.2) is 0 Å². The van der Waals surface area contributed by atoms with Crippen LogP contribution in [0.5, 0.6) is 0 Å². The molecule has 1 aromatic carbocycles. The zero-order chi connectivity index (χ0) is 14.5. The van der Waals surface area contributed by atoms with E-state index in [9.17, 15) is 12.8 Å². The van der Waals surface area contributed by atoms with Gasteiger partial charge in [0.1, 0.15) is 10.7 Å². The third-order valence-electron chi connectivity index (χ3n) is 2.51. The molecule has 0 aliphatic rings. The quantitative estimate of drug-likeness (QED) is 0.765. The van der Waals surface area contributed by atoms with E-state index >= 15 is 0 Å². The summed E-state index contributed by atoms with van der Waals surface area (Å²) in [6, 6.07) is 3.89. The molecule has 1 rings (SSSR count). The molecule has 0 aliphatic carbocycles. The molecule has 0 atom stereocenters. The van der Waals surface area contributed by atoms with Crippen LogP contribution in [0.4, 0.5) is 4.39 Å². The Morgan fingerprint density at radius 2 is 2.00 bits per heavy atom. The molecule has 1 N–H and O–H groups in total. The summed E-state index contributed by atoms with van der Waals surface area (Å²) in [5.41, 5.74) is 0. The van der Waals surface area contributed by atoms with Crippen LogP contribution in [0.15, 0.2) is 27.6 Å². The fourth-order valence-electron chi connectivity index (χ4n) is 1.53. The lowest BCUT2D eigenvalue weighted by Crippen LogP contribution is -2.26. The number of nitrogens with zero attached hydrogens (tertiary/aromatic N) is 1. The molecule has 1 aromatic rings. The van der Waals surface area contributed by atoms with Crippen molar-refractivity contribution in [2.75, 3.05) is 27.2 Å². The molecular weight excluding hydrogens is 335 g/mol.